The van der Waals surface area contributed by atoms with Gasteiger partial charge in [0, 0.05) is 16.6 Å². The van der Waals surface area contributed by atoms with Crippen LogP contribution in [0.3, 0.4) is 0 Å². The van der Waals surface area contributed by atoms with E-state index in [2.05, 4.69) is 0 Å². The van der Waals surface area contributed by atoms with Crippen LogP contribution in [0, 0.1) is 0 Å². The molecule has 0 aliphatic carbocycles. The second kappa shape index (κ2) is 8.27. The molecule has 0 unspecified atom stereocenters. The smallest absolute Gasteiger partial charge is 0.289 e. The van der Waals surface area contributed by atoms with Crippen molar-refractivity contribution in [1.82, 2.24) is 9.13 Å². The lowest BCUT2D eigenvalue weighted by atomic mass is 10.1. The van der Waals surface area contributed by atoms with Crippen molar-refractivity contribution in [1.29, 1.82) is 0 Å². The van der Waals surface area contributed by atoms with Crippen LogP contribution in [0.5, 0.6) is 0 Å². The van der Waals surface area contributed by atoms with Gasteiger partial charge in [0.1, 0.15) is 0 Å². The van der Waals surface area contributed by atoms with Crippen LogP contribution in [0.2, 0.25) is 10.0 Å². The molecule has 4 nitrogen and oxygen atoms in total. The van der Waals surface area contributed by atoms with Gasteiger partial charge in [-0.25, -0.2) is 4.79 Å². The van der Waals surface area contributed by atoms with Crippen molar-refractivity contribution < 1.29 is 0 Å². The first-order valence-corrected chi connectivity index (χ1v) is 10.0. The highest BCUT2D eigenvalue weighted by Gasteiger charge is 2.14. The molecule has 29 heavy (non-hydrogen) atoms. The van der Waals surface area contributed by atoms with E-state index >= 15 is 0 Å². The largest absolute Gasteiger partial charge is 0.331 e. The third-order valence-corrected chi connectivity index (χ3v) is 5.58. The first kappa shape index (κ1) is 19.5. The van der Waals surface area contributed by atoms with E-state index < -0.39 is 0 Å². The molecule has 4 aromatic rings. The number of hydrogen-bond acceptors (Lipinski definition) is 2. The van der Waals surface area contributed by atoms with Crippen LogP contribution in [0.15, 0.2) is 82.4 Å². The van der Waals surface area contributed by atoms with Gasteiger partial charge in [0.15, 0.2) is 0 Å². The summed E-state index contributed by atoms with van der Waals surface area (Å²) in [5.74, 6) is 0. The van der Waals surface area contributed by atoms with Gasteiger partial charge in [-0.15, -0.1) is 0 Å². The van der Waals surface area contributed by atoms with E-state index in [9.17, 15) is 9.59 Å². The number of benzene rings is 3. The molecule has 0 saturated carbocycles. The van der Waals surface area contributed by atoms with Gasteiger partial charge in [-0.3, -0.25) is 13.9 Å². The van der Waals surface area contributed by atoms with E-state index in [1.807, 2.05) is 36.4 Å². The third kappa shape index (κ3) is 4.00. The van der Waals surface area contributed by atoms with E-state index in [1.54, 1.807) is 41.0 Å². The van der Waals surface area contributed by atoms with Gasteiger partial charge in [0.25, 0.3) is 5.56 Å². The standard InChI is InChI=1S/C23H18Cl2N2O2/c24-18-11-9-16(10-12-18)13-14-26-22(28)19-6-2-4-8-21(19)27(23(26)29)15-17-5-1-3-7-20(17)25/h1-12H,13-15H2. The lowest BCUT2D eigenvalue weighted by Gasteiger charge is -2.15. The van der Waals surface area contributed by atoms with E-state index in [4.69, 9.17) is 23.2 Å². The molecule has 0 radical (unpaired) electrons. The zero-order valence-electron chi connectivity index (χ0n) is 15.5. The van der Waals surface area contributed by atoms with E-state index in [0.29, 0.717) is 33.9 Å². The van der Waals surface area contributed by atoms with Crippen LogP contribution in [0.4, 0.5) is 0 Å². The Morgan fingerprint density at radius 1 is 0.759 bits per heavy atom. The Morgan fingerprint density at radius 2 is 1.45 bits per heavy atom. The Bertz CT molecular complexity index is 1290. The summed E-state index contributed by atoms with van der Waals surface area (Å²) < 4.78 is 2.91. The normalized spacial score (nSPS) is 11.1. The number of rotatable bonds is 5. The highest BCUT2D eigenvalue weighted by molar-refractivity contribution is 6.31. The van der Waals surface area contributed by atoms with Crippen LogP contribution in [-0.2, 0) is 19.5 Å². The molecule has 4 rings (SSSR count). The maximum absolute atomic E-state index is 13.3. The number of para-hydroxylation sites is 1. The molecular weight excluding hydrogens is 407 g/mol. The molecule has 0 aliphatic rings. The number of aromatic nitrogens is 2. The summed E-state index contributed by atoms with van der Waals surface area (Å²) in [7, 11) is 0. The number of halogens is 2. The minimum Gasteiger partial charge on any atom is -0.289 e. The topological polar surface area (TPSA) is 44.0 Å². The molecule has 0 atom stereocenters. The Kier molecular flexibility index (Phi) is 5.56. The van der Waals surface area contributed by atoms with Crippen molar-refractivity contribution >= 4 is 34.1 Å². The molecule has 0 bridgehead atoms. The Labute approximate surface area is 177 Å². The van der Waals surface area contributed by atoms with Gasteiger partial charge in [0.2, 0.25) is 0 Å². The zero-order valence-corrected chi connectivity index (χ0v) is 17.0. The highest BCUT2D eigenvalue weighted by atomic mass is 35.5. The molecule has 146 valence electrons. The van der Waals surface area contributed by atoms with Crippen molar-refractivity contribution in [3.05, 3.63) is 115 Å². The van der Waals surface area contributed by atoms with E-state index in [0.717, 1.165) is 11.1 Å². The molecule has 3 aromatic carbocycles. The van der Waals surface area contributed by atoms with Crippen molar-refractivity contribution in [2.75, 3.05) is 0 Å². The summed E-state index contributed by atoms with van der Waals surface area (Å²) in [5, 5.41) is 1.75. The number of fused-ring (bicyclic) bond motifs is 1. The summed E-state index contributed by atoms with van der Waals surface area (Å²) in [6, 6.07) is 22.0. The molecular formula is C23H18Cl2N2O2. The summed E-state index contributed by atoms with van der Waals surface area (Å²) >= 11 is 12.2. The van der Waals surface area contributed by atoms with Crippen LogP contribution >= 0.6 is 23.2 Å². The maximum Gasteiger partial charge on any atom is 0.331 e. The van der Waals surface area contributed by atoms with Gasteiger partial charge in [-0.1, -0.05) is 65.7 Å². The quantitative estimate of drug-likeness (QED) is 0.463. The van der Waals surface area contributed by atoms with Crippen LogP contribution in [0.25, 0.3) is 10.9 Å². The van der Waals surface area contributed by atoms with Crippen LogP contribution < -0.4 is 11.2 Å². The first-order chi connectivity index (χ1) is 14.0. The van der Waals surface area contributed by atoms with Crippen molar-refractivity contribution in [3.63, 3.8) is 0 Å². The lowest BCUT2D eigenvalue weighted by Crippen LogP contribution is -2.40. The highest BCUT2D eigenvalue weighted by Crippen LogP contribution is 2.18. The second-order valence-corrected chi connectivity index (χ2v) is 7.65. The summed E-state index contributed by atoms with van der Waals surface area (Å²) in [5.41, 5.74) is 1.80. The van der Waals surface area contributed by atoms with Gasteiger partial charge in [-0.2, -0.15) is 0 Å². The van der Waals surface area contributed by atoms with Gasteiger partial charge in [0.05, 0.1) is 17.4 Å². The number of aryl methyl sites for hydroxylation is 1. The van der Waals surface area contributed by atoms with E-state index in [1.165, 1.54) is 4.57 Å². The predicted molar refractivity (Wildman–Crippen MR) is 118 cm³/mol. The lowest BCUT2D eigenvalue weighted by molar-refractivity contribution is 0.590. The Balaban J connectivity index is 1.80. The van der Waals surface area contributed by atoms with Crippen molar-refractivity contribution in [2.45, 2.75) is 19.5 Å². The molecule has 0 saturated heterocycles. The first-order valence-electron chi connectivity index (χ1n) is 9.25. The fourth-order valence-corrected chi connectivity index (χ4v) is 3.73. The molecule has 0 aliphatic heterocycles. The maximum atomic E-state index is 13.3. The molecule has 0 amide bonds. The van der Waals surface area contributed by atoms with Gasteiger partial charge >= 0.3 is 5.69 Å². The summed E-state index contributed by atoms with van der Waals surface area (Å²) in [6.45, 7) is 0.576. The molecule has 1 aromatic heterocycles. The van der Waals surface area contributed by atoms with E-state index in [-0.39, 0.29) is 17.8 Å². The number of hydrogen-bond donors (Lipinski definition) is 0. The average Bonchev–Trinajstić information content (AvgIpc) is 2.73. The zero-order chi connectivity index (χ0) is 20.4. The fraction of sp³-hybridized carbons (Fsp3) is 0.130. The van der Waals surface area contributed by atoms with Gasteiger partial charge in [-0.05, 0) is 47.9 Å². The Hall–Kier alpha value is -2.82. The molecule has 1 heterocycles. The van der Waals surface area contributed by atoms with Gasteiger partial charge < -0.3 is 0 Å². The van der Waals surface area contributed by atoms with Crippen molar-refractivity contribution in [3.8, 4) is 0 Å². The second-order valence-electron chi connectivity index (χ2n) is 6.81. The molecule has 0 spiro atoms. The average molecular weight is 425 g/mol. The molecule has 6 heteroatoms. The predicted octanol–water partition coefficient (Wildman–Crippen LogP) is 4.76. The minimum absolute atomic E-state index is 0.282. The fourth-order valence-electron chi connectivity index (χ4n) is 3.41. The summed E-state index contributed by atoms with van der Waals surface area (Å²) in [6.07, 6.45) is 0.552. The van der Waals surface area contributed by atoms with Crippen LogP contribution in [-0.4, -0.2) is 9.13 Å². The summed E-state index contributed by atoms with van der Waals surface area (Å²) in [4.78, 5) is 26.3. The SMILES string of the molecule is O=c1c2ccccc2n(Cc2ccccc2Cl)c(=O)n1CCc1ccc(Cl)cc1. The monoisotopic (exact) mass is 424 g/mol. The van der Waals surface area contributed by atoms with Crippen LogP contribution in [0.1, 0.15) is 11.1 Å². The minimum atomic E-state index is -0.345. The molecule has 0 N–H and O–H groups in total. The Morgan fingerprint density at radius 3 is 2.21 bits per heavy atom. The van der Waals surface area contributed by atoms with Crippen molar-refractivity contribution in [2.24, 2.45) is 0 Å². The third-order valence-electron chi connectivity index (χ3n) is 4.96. The molecule has 0 fully saturated rings. The number of nitrogens with zero attached hydrogens (tertiary/aromatic N) is 2.